The van der Waals surface area contributed by atoms with Gasteiger partial charge in [0, 0.05) is 0 Å². The first kappa shape index (κ1) is 22.9. The van der Waals surface area contributed by atoms with E-state index >= 15 is 0 Å². The molecule has 8 heteroatoms. The lowest BCUT2D eigenvalue weighted by atomic mass is 10.1. The highest BCUT2D eigenvalue weighted by Gasteiger charge is 2.34. The van der Waals surface area contributed by atoms with Crippen molar-refractivity contribution in [3.05, 3.63) is 0 Å². The minimum absolute atomic E-state index is 0.0696. The number of rotatable bonds is 15. The lowest BCUT2D eigenvalue weighted by Crippen LogP contribution is -2.35. The SMILES string of the molecule is CCCCCCCCCCCCOC(=O)C(CC(N)=O)S(=O)(=O)O. The van der Waals surface area contributed by atoms with Gasteiger partial charge in [-0.05, 0) is 6.42 Å². The Morgan fingerprint density at radius 1 is 0.958 bits per heavy atom. The molecule has 0 saturated carbocycles. The van der Waals surface area contributed by atoms with Crippen molar-refractivity contribution >= 4 is 22.0 Å². The summed E-state index contributed by atoms with van der Waals surface area (Å²) in [5.74, 6) is -2.12. The van der Waals surface area contributed by atoms with Crippen LogP contribution < -0.4 is 5.73 Å². The number of esters is 1. The third kappa shape index (κ3) is 12.3. The first-order valence-corrected chi connectivity index (χ1v) is 10.2. The van der Waals surface area contributed by atoms with Gasteiger partial charge in [0.2, 0.25) is 5.91 Å². The zero-order valence-electron chi connectivity index (χ0n) is 14.5. The van der Waals surface area contributed by atoms with Crippen molar-refractivity contribution in [3.63, 3.8) is 0 Å². The predicted octanol–water partition coefficient (Wildman–Crippen LogP) is 2.58. The van der Waals surface area contributed by atoms with Gasteiger partial charge in [0.05, 0.1) is 13.0 Å². The zero-order valence-corrected chi connectivity index (χ0v) is 15.4. The first-order valence-electron chi connectivity index (χ1n) is 8.70. The van der Waals surface area contributed by atoms with Crippen LogP contribution in [0.5, 0.6) is 0 Å². The molecule has 0 radical (unpaired) electrons. The molecule has 0 heterocycles. The van der Waals surface area contributed by atoms with Crippen LogP contribution in [-0.4, -0.2) is 36.7 Å². The van der Waals surface area contributed by atoms with Crippen LogP contribution in [-0.2, 0) is 24.4 Å². The number of hydrogen-bond donors (Lipinski definition) is 2. The van der Waals surface area contributed by atoms with Crippen LogP contribution in [0.2, 0.25) is 0 Å². The molecular formula is C16H31NO6S. The Balaban J connectivity index is 3.75. The molecule has 1 atom stereocenters. The molecule has 0 aromatic carbocycles. The van der Waals surface area contributed by atoms with Gasteiger partial charge in [-0.3, -0.25) is 14.1 Å². The highest BCUT2D eigenvalue weighted by molar-refractivity contribution is 7.87. The van der Waals surface area contributed by atoms with Crippen molar-refractivity contribution in [1.29, 1.82) is 0 Å². The molecule has 0 aliphatic rings. The molecule has 1 amide bonds. The lowest BCUT2D eigenvalue weighted by Gasteiger charge is -2.11. The van der Waals surface area contributed by atoms with E-state index in [1.165, 1.54) is 38.5 Å². The average Bonchev–Trinajstić information content (AvgIpc) is 2.48. The van der Waals surface area contributed by atoms with Crippen LogP contribution in [0.3, 0.4) is 0 Å². The summed E-state index contributed by atoms with van der Waals surface area (Å²) in [5.41, 5.74) is 4.87. The second-order valence-electron chi connectivity index (χ2n) is 6.02. The van der Waals surface area contributed by atoms with E-state index < -0.39 is 33.7 Å². The van der Waals surface area contributed by atoms with E-state index in [1.54, 1.807) is 0 Å². The Bertz CT molecular complexity index is 463. The lowest BCUT2D eigenvalue weighted by molar-refractivity contribution is -0.144. The van der Waals surface area contributed by atoms with Gasteiger partial charge in [-0.1, -0.05) is 64.7 Å². The molecule has 0 aromatic heterocycles. The Hall–Kier alpha value is -1.15. The highest BCUT2D eigenvalue weighted by atomic mass is 32.2. The monoisotopic (exact) mass is 365 g/mol. The van der Waals surface area contributed by atoms with Gasteiger partial charge in [0.25, 0.3) is 10.1 Å². The number of hydrogen-bond acceptors (Lipinski definition) is 5. The number of carbonyl (C=O) groups excluding carboxylic acids is 2. The van der Waals surface area contributed by atoms with E-state index in [2.05, 4.69) is 6.92 Å². The fourth-order valence-corrected chi connectivity index (χ4v) is 3.03. The van der Waals surface area contributed by atoms with Crippen molar-refractivity contribution in [1.82, 2.24) is 0 Å². The number of carbonyl (C=O) groups is 2. The average molecular weight is 365 g/mol. The minimum Gasteiger partial charge on any atom is -0.465 e. The summed E-state index contributed by atoms with van der Waals surface area (Å²) >= 11 is 0. The van der Waals surface area contributed by atoms with E-state index in [9.17, 15) is 18.0 Å². The van der Waals surface area contributed by atoms with Crippen molar-refractivity contribution in [2.75, 3.05) is 6.61 Å². The van der Waals surface area contributed by atoms with E-state index in [0.717, 1.165) is 19.3 Å². The summed E-state index contributed by atoms with van der Waals surface area (Å²) in [6.07, 6.45) is 10.5. The summed E-state index contributed by atoms with van der Waals surface area (Å²) in [7, 11) is -4.70. The zero-order chi connectivity index (χ0) is 18.4. The molecule has 24 heavy (non-hydrogen) atoms. The molecule has 0 bridgehead atoms. The summed E-state index contributed by atoms with van der Waals surface area (Å²) < 4.78 is 35.9. The molecular weight excluding hydrogens is 334 g/mol. The molecule has 3 N–H and O–H groups in total. The van der Waals surface area contributed by atoms with Gasteiger partial charge in [0.15, 0.2) is 5.25 Å². The Kier molecular flexibility index (Phi) is 12.5. The van der Waals surface area contributed by atoms with E-state index in [1.807, 2.05) is 0 Å². The van der Waals surface area contributed by atoms with Crippen LogP contribution in [0.25, 0.3) is 0 Å². The maximum absolute atomic E-state index is 11.6. The van der Waals surface area contributed by atoms with E-state index in [4.69, 9.17) is 15.0 Å². The largest absolute Gasteiger partial charge is 0.465 e. The third-order valence-electron chi connectivity index (χ3n) is 3.75. The summed E-state index contributed by atoms with van der Waals surface area (Å²) in [6, 6.07) is 0. The Morgan fingerprint density at radius 2 is 1.42 bits per heavy atom. The van der Waals surface area contributed by atoms with Gasteiger partial charge < -0.3 is 10.5 Å². The third-order valence-corrected chi connectivity index (χ3v) is 4.83. The molecule has 0 saturated heterocycles. The van der Waals surface area contributed by atoms with Gasteiger partial charge in [-0.25, -0.2) is 0 Å². The number of ether oxygens (including phenoxy) is 1. The van der Waals surface area contributed by atoms with Crippen LogP contribution in [0.4, 0.5) is 0 Å². The van der Waals surface area contributed by atoms with Crippen molar-refractivity contribution in [2.45, 2.75) is 82.8 Å². The van der Waals surface area contributed by atoms with Crippen molar-refractivity contribution < 1.29 is 27.3 Å². The van der Waals surface area contributed by atoms with Crippen LogP contribution in [0.1, 0.15) is 77.6 Å². The standard InChI is InChI=1S/C16H31NO6S/c1-2-3-4-5-6-7-8-9-10-11-12-23-16(19)14(13-15(17)18)24(20,21)22/h14H,2-13H2,1H3,(H2,17,18)(H,20,21,22). The molecule has 0 rings (SSSR count). The number of unbranched alkanes of at least 4 members (excludes halogenated alkanes) is 9. The molecule has 0 aliphatic carbocycles. The maximum atomic E-state index is 11.6. The van der Waals surface area contributed by atoms with Gasteiger partial charge in [-0.2, -0.15) is 8.42 Å². The second kappa shape index (κ2) is 13.2. The molecule has 0 aromatic rings. The fourth-order valence-electron chi connectivity index (χ4n) is 2.35. The smallest absolute Gasteiger partial charge is 0.327 e. The Morgan fingerprint density at radius 3 is 1.83 bits per heavy atom. The predicted molar refractivity (Wildman–Crippen MR) is 92.0 cm³/mol. The summed E-state index contributed by atoms with van der Waals surface area (Å²) in [4.78, 5) is 22.4. The van der Waals surface area contributed by atoms with Gasteiger partial charge in [-0.15, -0.1) is 0 Å². The van der Waals surface area contributed by atoms with Gasteiger partial charge in [0.1, 0.15) is 0 Å². The van der Waals surface area contributed by atoms with Crippen molar-refractivity contribution in [2.24, 2.45) is 5.73 Å². The van der Waals surface area contributed by atoms with Crippen LogP contribution in [0, 0.1) is 0 Å². The van der Waals surface area contributed by atoms with E-state index in [0.29, 0.717) is 6.42 Å². The molecule has 7 nitrogen and oxygen atoms in total. The van der Waals surface area contributed by atoms with Crippen LogP contribution in [0.15, 0.2) is 0 Å². The van der Waals surface area contributed by atoms with Crippen molar-refractivity contribution in [3.8, 4) is 0 Å². The maximum Gasteiger partial charge on any atom is 0.327 e. The molecule has 0 spiro atoms. The molecule has 142 valence electrons. The number of amides is 1. The fraction of sp³-hybridized carbons (Fsp3) is 0.875. The Labute approximate surface area is 145 Å². The topological polar surface area (TPSA) is 124 Å². The quantitative estimate of drug-likeness (QED) is 0.261. The van der Waals surface area contributed by atoms with Crippen LogP contribution >= 0.6 is 0 Å². The van der Waals surface area contributed by atoms with Gasteiger partial charge >= 0.3 is 5.97 Å². The summed E-state index contributed by atoms with van der Waals surface area (Å²) in [6.45, 7) is 2.26. The molecule has 0 fully saturated rings. The highest BCUT2D eigenvalue weighted by Crippen LogP contribution is 2.11. The second-order valence-corrected chi connectivity index (χ2v) is 7.62. The minimum atomic E-state index is -4.70. The molecule has 1 unspecified atom stereocenters. The van der Waals surface area contributed by atoms with E-state index in [-0.39, 0.29) is 6.61 Å². The summed E-state index contributed by atoms with van der Waals surface area (Å²) in [5, 5.41) is -1.93. The number of nitrogens with two attached hydrogens (primary N) is 1. The molecule has 0 aliphatic heterocycles. The number of primary amides is 1. The normalized spacial score (nSPS) is 12.8. The first-order chi connectivity index (χ1) is 11.3.